The van der Waals surface area contributed by atoms with Crippen LogP contribution in [0.25, 0.3) is 0 Å². The third kappa shape index (κ3) is 4.57. The lowest BCUT2D eigenvalue weighted by atomic mass is 10.0. The summed E-state index contributed by atoms with van der Waals surface area (Å²) < 4.78 is 52.1. The van der Waals surface area contributed by atoms with Gasteiger partial charge < -0.3 is 20.1 Å². The number of nitrogens with one attached hydrogen (secondary N) is 2. The number of rotatable bonds is 7. The zero-order valence-electron chi connectivity index (χ0n) is 17.3. The molecule has 2 atom stereocenters. The van der Waals surface area contributed by atoms with E-state index in [1.807, 2.05) is 12.1 Å². The normalized spacial score (nSPS) is 20.5. The van der Waals surface area contributed by atoms with Crippen LogP contribution < -0.4 is 20.1 Å². The average molecular weight is 438 g/mol. The minimum atomic E-state index is -4.42. The second-order valence-electron chi connectivity index (χ2n) is 7.94. The number of nitrogens with zero attached hydrogens (tertiary/aromatic N) is 2. The smallest absolute Gasteiger partial charge is 0.410 e. The molecule has 1 saturated carbocycles. The summed E-state index contributed by atoms with van der Waals surface area (Å²) in [5.41, 5.74) is 0.897. The first kappa shape index (κ1) is 21.3. The van der Waals surface area contributed by atoms with Crippen molar-refractivity contribution in [3.8, 4) is 11.5 Å². The van der Waals surface area contributed by atoms with E-state index in [4.69, 9.17) is 9.47 Å². The molecule has 0 radical (unpaired) electrons. The molecule has 1 aliphatic carbocycles. The molecule has 4 rings (SSSR count). The van der Waals surface area contributed by atoms with Gasteiger partial charge in [-0.05, 0) is 49.3 Å². The Morgan fingerprint density at radius 1 is 1.23 bits per heavy atom. The molecule has 2 heterocycles. The molecule has 0 spiro atoms. The summed E-state index contributed by atoms with van der Waals surface area (Å²) in [7, 11) is 3.09. The maximum absolute atomic E-state index is 13.6. The second kappa shape index (κ2) is 8.32. The van der Waals surface area contributed by atoms with E-state index < -0.39 is 18.1 Å². The van der Waals surface area contributed by atoms with Crippen LogP contribution in [0.4, 0.5) is 19.0 Å². The van der Waals surface area contributed by atoms with Gasteiger partial charge in [-0.2, -0.15) is 18.3 Å². The highest BCUT2D eigenvalue weighted by atomic mass is 19.4. The Balaban J connectivity index is 1.42. The number of methoxy groups -OCH3 is 2. The maximum atomic E-state index is 13.6. The lowest BCUT2D eigenvalue weighted by Gasteiger charge is -2.33. The van der Waals surface area contributed by atoms with Crippen LogP contribution in [0, 0.1) is 5.92 Å². The predicted octanol–water partition coefficient (Wildman–Crippen LogP) is 3.57. The van der Waals surface area contributed by atoms with Gasteiger partial charge in [-0.3, -0.25) is 4.79 Å². The number of benzene rings is 1. The number of ether oxygens (including phenoxy) is 2. The zero-order chi connectivity index (χ0) is 22.2. The SMILES string of the molecule is COc1ccc(CCNC(=O)c2cc3n(n2)[C@H](C(F)(F)F)C[C@@H](C2CC2)N3)cc1OC. The third-order valence-electron chi connectivity index (χ3n) is 5.79. The first-order valence-electron chi connectivity index (χ1n) is 10.2. The molecule has 0 saturated heterocycles. The van der Waals surface area contributed by atoms with Crippen LogP contribution in [0.1, 0.15) is 41.4 Å². The number of carbonyl (C=O) groups is 1. The van der Waals surface area contributed by atoms with Gasteiger partial charge in [0.15, 0.2) is 23.2 Å². The first-order chi connectivity index (χ1) is 14.8. The number of halogens is 3. The van der Waals surface area contributed by atoms with Crippen molar-refractivity contribution in [3.05, 3.63) is 35.5 Å². The van der Waals surface area contributed by atoms with Gasteiger partial charge in [0, 0.05) is 18.7 Å². The molecule has 2 aliphatic rings. The van der Waals surface area contributed by atoms with E-state index in [9.17, 15) is 18.0 Å². The number of anilines is 1. The van der Waals surface area contributed by atoms with Crippen molar-refractivity contribution in [3.63, 3.8) is 0 Å². The molecule has 0 unspecified atom stereocenters. The van der Waals surface area contributed by atoms with Crippen LogP contribution >= 0.6 is 0 Å². The van der Waals surface area contributed by atoms with Crippen molar-refractivity contribution in [2.45, 2.75) is 43.9 Å². The van der Waals surface area contributed by atoms with Crippen LogP contribution in [0.5, 0.6) is 11.5 Å². The molecule has 1 amide bonds. The van der Waals surface area contributed by atoms with Crippen LogP contribution in [0.2, 0.25) is 0 Å². The number of carbonyl (C=O) groups excluding carboxylic acids is 1. The lowest BCUT2D eigenvalue weighted by Crippen LogP contribution is -2.40. The molecule has 168 valence electrons. The molecule has 2 aromatic rings. The van der Waals surface area contributed by atoms with Gasteiger partial charge in [0.25, 0.3) is 5.91 Å². The first-order valence-corrected chi connectivity index (χ1v) is 10.2. The quantitative estimate of drug-likeness (QED) is 0.691. The highest BCUT2D eigenvalue weighted by Gasteiger charge is 2.49. The molecular weight excluding hydrogens is 413 g/mol. The van der Waals surface area contributed by atoms with Crippen molar-refractivity contribution in [2.75, 3.05) is 26.1 Å². The Labute approximate surface area is 177 Å². The Morgan fingerprint density at radius 2 is 1.97 bits per heavy atom. The molecule has 1 fully saturated rings. The summed E-state index contributed by atoms with van der Waals surface area (Å²) in [6.07, 6.45) is -2.10. The zero-order valence-corrected chi connectivity index (χ0v) is 17.3. The number of alkyl halides is 3. The summed E-state index contributed by atoms with van der Waals surface area (Å²) in [5.74, 6) is 1.19. The van der Waals surface area contributed by atoms with Crippen LogP contribution in [-0.4, -0.2) is 48.7 Å². The topological polar surface area (TPSA) is 77.4 Å². The Kier molecular flexibility index (Phi) is 5.72. The van der Waals surface area contributed by atoms with Crippen LogP contribution in [0.3, 0.4) is 0 Å². The van der Waals surface area contributed by atoms with E-state index in [1.165, 1.54) is 6.07 Å². The standard InChI is InChI=1S/C21H25F3N4O3/c1-30-16-6-3-12(9-17(16)31-2)7-8-25-20(29)15-11-19-26-14(13-4-5-13)10-18(21(22,23)24)28(19)27-15/h3,6,9,11,13-14,18,26H,4-5,7-8,10H2,1-2H3,(H,25,29)/t14-,18-/m0/s1. The van der Waals surface area contributed by atoms with E-state index in [1.54, 1.807) is 20.3 Å². The van der Waals surface area contributed by atoms with Crippen molar-refractivity contribution < 1.29 is 27.4 Å². The van der Waals surface area contributed by atoms with E-state index in [0.29, 0.717) is 24.5 Å². The lowest BCUT2D eigenvalue weighted by molar-refractivity contribution is -0.174. The van der Waals surface area contributed by atoms with Crippen LogP contribution in [0.15, 0.2) is 24.3 Å². The number of aromatic nitrogens is 2. The molecule has 2 N–H and O–H groups in total. The van der Waals surface area contributed by atoms with Gasteiger partial charge in [-0.1, -0.05) is 6.07 Å². The molecule has 1 aliphatic heterocycles. The highest BCUT2D eigenvalue weighted by Crippen LogP contribution is 2.45. The number of amides is 1. The molecule has 1 aromatic carbocycles. The maximum Gasteiger partial charge on any atom is 0.410 e. The van der Waals surface area contributed by atoms with Gasteiger partial charge in [0.1, 0.15) is 5.82 Å². The van der Waals surface area contributed by atoms with Gasteiger partial charge in [-0.25, -0.2) is 4.68 Å². The third-order valence-corrected chi connectivity index (χ3v) is 5.79. The number of hydrogen-bond acceptors (Lipinski definition) is 5. The minimum Gasteiger partial charge on any atom is -0.493 e. The summed E-state index contributed by atoms with van der Waals surface area (Å²) >= 11 is 0. The molecule has 1 aromatic heterocycles. The summed E-state index contributed by atoms with van der Waals surface area (Å²) in [6.45, 7) is 0.303. The fourth-order valence-corrected chi connectivity index (χ4v) is 3.97. The van der Waals surface area contributed by atoms with Crippen molar-refractivity contribution >= 4 is 11.7 Å². The summed E-state index contributed by atoms with van der Waals surface area (Å²) in [5, 5.41) is 9.84. The Hall–Kier alpha value is -2.91. The van der Waals surface area contributed by atoms with Crippen molar-refractivity contribution in [1.29, 1.82) is 0 Å². The summed E-state index contributed by atoms with van der Waals surface area (Å²) in [6, 6.07) is 4.89. The van der Waals surface area contributed by atoms with Gasteiger partial charge >= 0.3 is 6.18 Å². The van der Waals surface area contributed by atoms with E-state index in [2.05, 4.69) is 15.7 Å². The van der Waals surface area contributed by atoms with E-state index in [0.717, 1.165) is 23.1 Å². The second-order valence-corrected chi connectivity index (χ2v) is 7.94. The fourth-order valence-electron chi connectivity index (χ4n) is 3.97. The van der Waals surface area contributed by atoms with Crippen molar-refractivity contribution in [1.82, 2.24) is 15.1 Å². The molecular formula is C21H25F3N4O3. The number of fused-ring (bicyclic) bond motifs is 1. The minimum absolute atomic E-state index is 0.0273. The van der Waals surface area contributed by atoms with E-state index >= 15 is 0 Å². The predicted molar refractivity (Wildman–Crippen MR) is 108 cm³/mol. The van der Waals surface area contributed by atoms with Gasteiger partial charge in [0.05, 0.1) is 14.2 Å². The van der Waals surface area contributed by atoms with Crippen molar-refractivity contribution in [2.24, 2.45) is 5.92 Å². The highest BCUT2D eigenvalue weighted by molar-refractivity contribution is 5.93. The van der Waals surface area contributed by atoms with Crippen LogP contribution in [-0.2, 0) is 6.42 Å². The molecule has 0 bridgehead atoms. The van der Waals surface area contributed by atoms with E-state index in [-0.39, 0.29) is 29.9 Å². The monoisotopic (exact) mass is 438 g/mol. The molecule has 7 nitrogen and oxygen atoms in total. The van der Waals surface area contributed by atoms with Gasteiger partial charge in [0.2, 0.25) is 0 Å². The Bertz CT molecular complexity index is 956. The number of hydrogen-bond donors (Lipinski definition) is 2. The molecule has 31 heavy (non-hydrogen) atoms. The summed E-state index contributed by atoms with van der Waals surface area (Å²) in [4.78, 5) is 12.5. The largest absolute Gasteiger partial charge is 0.493 e. The average Bonchev–Trinajstić information content (AvgIpc) is 3.50. The molecule has 10 heteroatoms. The van der Waals surface area contributed by atoms with Gasteiger partial charge in [-0.15, -0.1) is 0 Å². The Morgan fingerprint density at radius 3 is 2.61 bits per heavy atom. The fraction of sp³-hybridized carbons (Fsp3) is 0.524.